The van der Waals surface area contributed by atoms with Crippen LogP contribution in [0, 0.1) is 12.8 Å². The number of carbonyl (C=O) groups is 1. The molecule has 3 heterocycles. The van der Waals surface area contributed by atoms with Gasteiger partial charge in [0, 0.05) is 31.9 Å². The van der Waals surface area contributed by atoms with Crippen molar-refractivity contribution in [3.63, 3.8) is 0 Å². The van der Waals surface area contributed by atoms with E-state index >= 15 is 0 Å². The summed E-state index contributed by atoms with van der Waals surface area (Å²) < 4.78 is 5.66. The molecule has 3 aromatic rings. The van der Waals surface area contributed by atoms with Gasteiger partial charge in [0.1, 0.15) is 0 Å². The molecule has 2 aromatic heterocycles. The summed E-state index contributed by atoms with van der Waals surface area (Å²) in [5.41, 5.74) is 1.63. The molecule has 8 heteroatoms. The summed E-state index contributed by atoms with van der Waals surface area (Å²) in [6.45, 7) is 4.56. The fraction of sp³-hybridized carbons (Fsp3) is 0.429. The zero-order valence-corrected chi connectivity index (χ0v) is 16.3. The molecule has 3 atom stereocenters. The van der Waals surface area contributed by atoms with Crippen molar-refractivity contribution in [2.24, 2.45) is 5.92 Å². The van der Waals surface area contributed by atoms with Crippen LogP contribution < -0.4 is 5.32 Å². The Balaban J connectivity index is 1.36. The van der Waals surface area contributed by atoms with Crippen LogP contribution in [-0.2, 0) is 12.0 Å². The highest BCUT2D eigenvalue weighted by molar-refractivity contribution is 5.93. The van der Waals surface area contributed by atoms with Crippen LogP contribution in [0.3, 0.4) is 0 Å². The number of nitrogens with zero attached hydrogens (tertiary/aromatic N) is 4. The minimum atomic E-state index is -0.218. The molecule has 0 unspecified atom stereocenters. The topological polar surface area (TPSA) is 99.9 Å². The number of H-pyrrole nitrogens is 1. The van der Waals surface area contributed by atoms with Crippen molar-refractivity contribution in [1.29, 1.82) is 0 Å². The lowest BCUT2D eigenvalue weighted by atomic mass is 9.80. The van der Waals surface area contributed by atoms with Gasteiger partial charge in [0.05, 0.1) is 17.2 Å². The van der Waals surface area contributed by atoms with Crippen LogP contribution in [0.5, 0.6) is 0 Å². The van der Waals surface area contributed by atoms with E-state index in [9.17, 15) is 4.79 Å². The average Bonchev–Trinajstić information content (AvgIpc) is 3.46. The maximum absolute atomic E-state index is 12.5. The number of hydrogen-bond acceptors (Lipinski definition) is 6. The molecule has 1 amide bonds. The van der Waals surface area contributed by atoms with E-state index in [1.54, 1.807) is 12.4 Å². The Labute approximate surface area is 168 Å². The first-order valence-corrected chi connectivity index (χ1v) is 9.99. The van der Waals surface area contributed by atoms with Gasteiger partial charge >= 0.3 is 0 Å². The van der Waals surface area contributed by atoms with Gasteiger partial charge in [-0.15, -0.1) is 0 Å². The van der Waals surface area contributed by atoms with E-state index in [1.807, 2.05) is 13.0 Å². The van der Waals surface area contributed by atoms with Gasteiger partial charge in [-0.1, -0.05) is 35.5 Å². The molecule has 0 spiro atoms. The molecule has 0 bridgehead atoms. The number of hydrogen-bond donors (Lipinski definition) is 2. The Morgan fingerprint density at radius 1 is 1.38 bits per heavy atom. The summed E-state index contributed by atoms with van der Waals surface area (Å²) in [5, 5.41) is 13.8. The fourth-order valence-electron chi connectivity index (χ4n) is 5.02. The van der Waals surface area contributed by atoms with E-state index in [1.165, 1.54) is 5.56 Å². The predicted octanol–water partition coefficient (Wildman–Crippen LogP) is 2.06. The van der Waals surface area contributed by atoms with Gasteiger partial charge < -0.3 is 9.84 Å². The highest BCUT2D eigenvalue weighted by atomic mass is 16.5. The first-order valence-electron chi connectivity index (χ1n) is 9.99. The minimum Gasteiger partial charge on any atom is -0.349 e. The quantitative estimate of drug-likeness (QED) is 0.689. The second-order valence-electron chi connectivity index (χ2n) is 8.25. The Bertz CT molecular complexity index is 986. The van der Waals surface area contributed by atoms with Gasteiger partial charge in [-0.3, -0.25) is 14.8 Å². The van der Waals surface area contributed by atoms with Crippen molar-refractivity contribution in [1.82, 2.24) is 30.6 Å². The number of aromatic nitrogens is 4. The Morgan fingerprint density at radius 2 is 2.24 bits per heavy atom. The molecule has 29 heavy (non-hydrogen) atoms. The molecular formula is C21H24N6O2. The van der Waals surface area contributed by atoms with Gasteiger partial charge in [-0.2, -0.15) is 10.1 Å². The number of likely N-dealkylation sites (tertiary alicyclic amines) is 1. The molecule has 5 rings (SSSR count). The molecule has 0 radical (unpaired) electrons. The monoisotopic (exact) mass is 392 g/mol. The minimum absolute atomic E-state index is 0.0773. The summed E-state index contributed by atoms with van der Waals surface area (Å²) in [7, 11) is 0. The van der Waals surface area contributed by atoms with E-state index in [4.69, 9.17) is 4.52 Å². The van der Waals surface area contributed by atoms with Crippen LogP contribution in [-0.4, -0.2) is 50.3 Å². The average molecular weight is 392 g/mol. The number of carbonyl (C=O) groups excluding carboxylic acids is 1. The molecule has 1 aliphatic heterocycles. The van der Waals surface area contributed by atoms with Crippen LogP contribution in [0.1, 0.15) is 40.5 Å². The normalized spacial score (nSPS) is 26.5. The van der Waals surface area contributed by atoms with E-state index in [0.717, 1.165) is 32.5 Å². The standard InChI is InChI=1S/C21H24N6O2/c1-14-24-20(29-26-14)21-8-18(25-19(28)16-9-22-23-10-16)7-17(21)12-27(13-21)11-15-5-3-2-4-6-15/h2-6,9-10,17-18H,7-8,11-13H2,1H3,(H,22,23)(H,25,28)/t17-,18+,21-/m0/s1. The highest BCUT2D eigenvalue weighted by Gasteiger charge is 2.57. The SMILES string of the molecule is Cc1noc([C@]23C[C@H](NC(=O)c4cn[nH]c4)C[C@H]2CN(Cc2ccccc2)C3)n1. The van der Waals surface area contributed by atoms with Crippen LogP contribution in [0.2, 0.25) is 0 Å². The lowest BCUT2D eigenvalue weighted by Crippen LogP contribution is -2.38. The Hall–Kier alpha value is -3.00. The first kappa shape index (κ1) is 18.1. The maximum atomic E-state index is 12.5. The van der Waals surface area contributed by atoms with Gasteiger partial charge in [0.2, 0.25) is 5.89 Å². The number of amides is 1. The summed E-state index contributed by atoms with van der Waals surface area (Å²) in [4.78, 5) is 19.6. The van der Waals surface area contributed by atoms with Crippen molar-refractivity contribution in [2.45, 2.75) is 37.8 Å². The van der Waals surface area contributed by atoms with E-state index in [0.29, 0.717) is 23.2 Å². The van der Waals surface area contributed by atoms with E-state index in [-0.39, 0.29) is 17.4 Å². The zero-order valence-electron chi connectivity index (χ0n) is 16.3. The first-order chi connectivity index (χ1) is 14.1. The Kier molecular flexibility index (Phi) is 4.43. The zero-order chi connectivity index (χ0) is 19.8. The van der Waals surface area contributed by atoms with Gasteiger partial charge in [0.15, 0.2) is 5.82 Å². The van der Waals surface area contributed by atoms with Crippen LogP contribution in [0.4, 0.5) is 0 Å². The lowest BCUT2D eigenvalue weighted by molar-refractivity contribution is 0.0934. The molecular weight excluding hydrogens is 368 g/mol. The number of benzene rings is 1. The van der Waals surface area contributed by atoms with Gasteiger partial charge in [-0.25, -0.2) is 0 Å². The summed E-state index contributed by atoms with van der Waals surface area (Å²) >= 11 is 0. The van der Waals surface area contributed by atoms with E-state index in [2.05, 4.69) is 54.8 Å². The van der Waals surface area contributed by atoms with Crippen molar-refractivity contribution < 1.29 is 9.32 Å². The van der Waals surface area contributed by atoms with Crippen LogP contribution in [0.25, 0.3) is 0 Å². The molecule has 8 nitrogen and oxygen atoms in total. The number of aryl methyl sites for hydroxylation is 1. The smallest absolute Gasteiger partial charge is 0.254 e. The van der Waals surface area contributed by atoms with Crippen molar-refractivity contribution in [3.8, 4) is 0 Å². The summed E-state index contributed by atoms with van der Waals surface area (Å²) in [6, 6.07) is 10.6. The number of aromatic amines is 1. The van der Waals surface area contributed by atoms with Crippen LogP contribution >= 0.6 is 0 Å². The van der Waals surface area contributed by atoms with Gasteiger partial charge in [-0.05, 0) is 31.2 Å². The second-order valence-corrected chi connectivity index (χ2v) is 8.25. The fourth-order valence-corrected chi connectivity index (χ4v) is 5.02. The maximum Gasteiger partial charge on any atom is 0.254 e. The van der Waals surface area contributed by atoms with E-state index < -0.39 is 0 Å². The third-order valence-corrected chi connectivity index (χ3v) is 6.24. The predicted molar refractivity (Wildman–Crippen MR) is 105 cm³/mol. The van der Waals surface area contributed by atoms with Crippen molar-refractivity contribution in [2.75, 3.05) is 13.1 Å². The van der Waals surface area contributed by atoms with Crippen molar-refractivity contribution in [3.05, 3.63) is 65.6 Å². The van der Waals surface area contributed by atoms with Crippen molar-refractivity contribution >= 4 is 5.91 Å². The third kappa shape index (κ3) is 3.33. The summed E-state index contributed by atoms with van der Waals surface area (Å²) in [6.07, 6.45) is 4.86. The Morgan fingerprint density at radius 3 is 2.97 bits per heavy atom. The molecule has 150 valence electrons. The molecule has 2 aliphatic rings. The number of rotatable bonds is 5. The third-order valence-electron chi connectivity index (χ3n) is 6.24. The molecule has 2 N–H and O–H groups in total. The molecule has 1 aliphatic carbocycles. The second kappa shape index (κ2) is 7.11. The molecule has 1 saturated heterocycles. The highest BCUT2D eigenvalue weighted by Crippen LogP contribution is 2.50. The molecule has 1 saturated carbocycles. The molecule has 1 aromatic carbocycles. The lowest BCUT2D eigenvalue weighted by Gasteiger charge is -2.25. The van der Waals surface area contributed by atoms with Crippen LogP contribution in [0.15, 0.2) is 47.2 Å². The summed E-state index contributed by atoms with van der Waals surface area (Å²) in [5.74, 6) is 1.62. The van der Waals surface area contributed by atoms with Gasteiger partial charge in [0.25, 0.3) is 5.91 Å². The number of fused-ring (bicyclic) bond motifs is 1. The molecule has 2 fully saturated rings. The number of nitrogens with one attached hydrogen (secondary N) is 2. The largest absolute Gasteiger partial charge is 0.349 e.